The van der Waals surface area contributed by atoms with Crippen LogP contribution in [0.4, 0.5) is 0 Å². The van der Waals surface area contributed by atoms with E-state index in [0.717, 1.165) is 30.3 Å². The van der Waals surface area contributed by atoms with Crippen molar-refractivity contribution in [2.24, 2.45) is 0 Å². The van der Waals surface area contributed by atoms with Crippen LogP contribution in [0.25, 0.3) is 0 Å². The first-order valence-corrected chi connectivity index (χ1v) is 7.90. The maximum atomic E-state index is 11.4. The Balaban J connectivity index is 2.52. The highest BCUT2D eigenvalue weighted by molar-refractivity contribution is 7.86. The average molecular weight is 290 g/mol. The summed E-state index contributed by atoms with van der Waals surface area (Å²) >= 11 is 6.00. The fraction of sp³-hybridized carbons (Fsp3) is 0.500. The zero-order chi connectivity index (χ0) is 13.4. The highest BCUT2D eigenvalue weighted by Gasteiger charge is 2.35. The molecule has 1 atom stereocenters. The Bertz CT molecular complexity index is 558. The van der Waals surface area contributed by atoms with E-state index in [4.69, 9.17) is 15.8 Å². The van der Waals surface area contributed by atoms with Gasteiger partial charge in [-0.1, -0.05) is 17.7 Å². The van der Waals surface area contributed by atoms with E-state index >= 15 is 0 Å². The molecule has 0 fully saturated rings. The first kappa shape index (κ1) is 13.8. The Labute approximate surface area is 112 Å². The molecule has 1 heterocycles. The summed E-state index contributed by atoms with van der Waals surface area (Å²) in [7, 11) is -3.54. The van der Waals surface area contributed by atoms with Crippen molar-refractivity contribution >= 4 is 21.7 Å². The third kappa shape index (κ3) is 3.03. The maximum absolute atomic E-state index is 11.4. The Hall–Kier alpha value is -0.620. The topological polar surface area (TPSA) is 55.4 Å². The summed E-state index contributed by atoms with van der Waals surface area (Å²) < 4.78 is 28.1. The lowest BCUT2D eigenvalue weighted by atomic mass is 9.91. The van der Waals surface area contributed by atoms with Gasteiger partial charge < -0.3 is 5.32 Å². The Morgan fingerprint density at radius 1 is 1.44 bits per heavy atom. The van der Waals surface area contributed by atoms with Gasteiger partial charge >= 0.3 is 0 Å². The summed E-state index contributed by atoms with van der Waals surface area (Å²) in [6.07, 6.45) is 1.89. The lowest BCUT2D eigenvalue weighted by molar-refractivity contribution is 0.0984. The van der Waals surface area contributed by atoms with Gasteiger partial charge in [0.1, 0.15) is 5.60 Å². The largest absolute Gasteiger partial charge is 0.313 e. The van der Waals surface area contributed by atoms with E-state index in [1.54, 1.807) is 13.0 Å². The van der Waals surface area contributed by atoms with Crippen LogP contribution in [0.2, 0.25) is 5.02 Å². The van der Waals surface area contributed by atoms with Gasteiger partial charge in [-0.3, -0.25) is 4.18 Å². The SMILES string of the molecule is C[C@]1(OS(C)(=O)=O)CNCCc2ccc(Cl)cc21. The molecule has 1 aromatic rings. The molecule has 100 valence electrons. The lowest BCUT2D eigenvalue weighted by Gasteiger charge is -2.29. The van der Waals surface area contributed by atoms with Gasteiger partial charge in [-0.2, -0.15) is 8.42 Å². The normalized spacial score (nSPS) is 24.4. The van der Waals surface area contributed by atoms with Gasteiger partial charge in [0, 0.05) is 11.6 Å². The summed E-state index contributed by atoms with van der Waals surface area (Å²) in [5.74, 6) is 0. The number of benzene rings is 1. The van der Waals surface area contributed by atoms with Gasteiger partial charge in [0.25, 0.3) is 10.1 Å². The molecule has 1 aliphatic heterocycles. The van der Waals surface area contributed by atoms with Crippen LogP contribution in [0.1, 0.15) is 18.1 Å². The van der Waals surface area contributed by atoms with Crippen molar-refractivity contribution in [2.75, 3.05) is 19.3 Å². The van der Waals surface area contributed by atoms with Gasteiger partial charge in [0.05, 0.1) is 6.26 Å². The van der Waals surface area contributed by atoms with Crippen molar-refractivity contribution in [3.05, 3.63) is 34.3 Å². The molecule has 0 bridgehead atoms. The molecule has 0 saturated carbocycles. The smallest absolute Gasteiger partial charge is 0.265 e. The quantitative estimate of drug-likeness (QED) is 0.842. The van der Waals surface area contributed by atoms with E-state index in [0.29, 0.717) is 11.6 Å². The van der Waals surface area contributed by atoms with Gasteiger partial charge in [0.15, 0.2) is 0 Å². The number of hydrogen-bond acceptors (Lipinski definition) is 4. The number of rotatable bonds is 2. The van der Waals surface area contributed by atoms with Crippen LogP contribution in [0.3, 0.4) is 0 Å². The standard InChI is InChI=1S/C12H16ClNO3S/c1-12(17-18(2,15)16)8-14-6-5-9-3-4-10(13)7-11(9)12/h3-4,7,14H,5-6,8H2,1-2H3/t12-/m0/s1. The number of fused-ring (bicyclic) bond motifs is 1. The Morgan fingerprint density at radius 3 is 2.83 bits per heavy atom. The van der Waals surface area contributed by atoms with Gasteiger partial charge in [0.2, 0.25) is 0 Å². The van der Waals surface area contributed by atoms with Crippen LogP contribution in [-0.2, 0) is 26.3 Å². The molecule has 4 nitrogen and oxygen atoms in total. The van der Waals surface area contributed by atoms with Crippen molar-refractivity contribution in [3.63, 3.8) is 0 Å². The average Bonchev–Trinajstić information content (AvgIpc) is 2.37. The van der Waals surface area contributed by atoms with E-state index in [1.807, 2.05) is 12.1 Å². The van der Waals surface area contributed by atoms with Crippen molar-refractivity contribution in [3.8, 4) is 0 Å². The van der Waals surface area contributed by atoms with Gasteiger partial charge in [-0.25, -0.2) is 0 Å². The highest BCUT2D eigenvalue weighted by atomic mass is 35.5. The third-order valence-corrected chi connectivity index (χ3v) is 3.92. The molecule has 0 amide bonds. The molecule has 18 heavy (non-hydrogen) atoms. The van der Waals surface area contributed by atoms with Crippen molar-refractivity contribution in [1.29, 1.82) is 0 Å². The Morgan fingerprint density at radius 2 is 2.17 bits per heavy atom. The fourth-order valence-corrected chi connectivity index (χ4v) is 3.30. The van der Waals surface area contributed by atoms with Gasteiger partial charge in [-0.05, 0) is 43.1 Å². The predicted molar refractivity (Wildman–Crippen MR) is 71.3 cm³/mol. The van der Waals surface area contributed by atoms with E-state index < -0.39 is 15.7 Å². The van der Waals surface area contributed by atoms with Crippen LogP contribution in [-0.4, -0.2) is 27.8 Å². The summed E-state index contributed by atoms with van der Waals surface area (Å²) in [6, 6.07) is 5.52. The van der Waals surface area contributed by atoms with Crippen LogP contribution >= 0.6 is 11.6 Å². The summed E-state index contributed by atoms with van der Waals surface area (Å²) in [5, 5.41) is 3.78. The first-order valence-electron chi connectivity index (χ1n) is 5.70. The van der Waals surface area contributed by atoms with E-state index in [9.17, 15) is 8.42 Å². The second kappa shape index (κ2) is 4.81. The van der Waals surface area contributed by atoms with Crippen molar-refractivity contribution < 1.29 is 12.6 Å². The van der Waals surface area contributed by atoms with E-state index in [1.165, 1.54) is 0 Å². The summed E-state index contributed by atoms with van der Waals surface area (Å²) in [5.41, 5.74) is 0.991. The Kier molecular flexibility index (Phi) is 3.69. The number of nitrogens with one attached hydrogen (secondary N) is 1. The predicted octanol–water partition coefficient (Wildman–Crippen LogP) is 1.68. The second-order valence-electron chi connectivity index (χ2n) is 4.75. The zero-order valence-corrected chi connectivity index (χ0v) is 11.9. The molecule has 0 aliphatic carbocycles. The minimum atomic E-state index is -3.54. The molecular formula is C12H16ClNO3S. The molecule has 1 aliphatic rings. The molecule has 6 heteroatoms. The molecule has 1 aromatic carbocycles. The fourth-order valence-electron chi connectivity index (χ4n) is 2.31. The van der Waals surface area contributed by atoms with Crippen LogP contribution < -0.4 is 5.32 Å². The van der Waals surface area contributed by atoms with E-state index in [2.05, 4.69) is 5.32 Å². The molecule has 0 radical (unpaired) electrons. The first-order chi connectivity index (χ1) is 8.30. The molecule has 0 saturated heterocycles. The molecular weight excluding hydrogens is 274 g/mol. The molecule has 2 rings (SSSR count). The van der Waals surface area contributed by atoms with Crippen molar-refractivity contribution in [2.45, 2.75) is 18.9 Å². The maximum Gasteiger partial charge on any atom is 0.265 e. The van der Waals surface area contributed by atoms with Crippen molar-refractivity contribution in [1.82, 2.24) is 5.32 Å². The van der Waals surface area contributed by atoms with Crippen LogP contribution in [0.5, 0.6) is 0 Å². The summed E-state index contributed by atoms with van der Waals surface area (Å²) in [6.45, 7) is 2.99. The van der Waals surface area contributed by atoms with E-state index in [-0.39, 0.29) is 0 Å². The monoisotopic (exact) mass is 289 g/mol. The minimum Gasteiger partial charge on any atom is -0.313 e. The molecule has 1 N–H and O–H groups in total. The third-order valence-electron chi connectivity index (χ3n) is 3.01. The molecule has 0 spiro atoms. The second-order valence-corrected chi connectivity index (χ2v) is 6.76. The zero-order valence-electron chi connectivity index (χ0n) is 10.4. The number of hydrogen-bond donors (Lipinski definition) is 1. The van der Waals surface area contributed by atoms with Crippen LogP contribution in [0, 0.1) is 0 Å². The molecule has 0 unspecified atom stereocenters. The van der Waals surface area contributed by atoms with Gasteiger partial charge in [-0.15, -0.1) is 0 Å². The lowest BCUT2D eigenvalue weighted by Crippen LogP contribution is -2.38. The minimum absolute atomic E-state index is 0.438. The van der Waals surface area contributed by atoms with Crippen LogP contribution in [0.15, 0.2) is 18.2 Å². The highest BCUT2D eigenvalue weighted by Crippen LogP contribution is 2.33. The molecule has 0 aromatic heterocycles. The summed E-state index contributed by atoms with van der Waals surface area (Å²) in [4.78, 5) is 0. The number of halogens is 1.